The molecule has 0 bridgehead atoms. The largest absolute Gasteiger partial charge is 0.507 e. The first kappa shape index (κ1) is 11.9. The molecule has 0 heterocycles. The highest BCUT2D eigenvalue weighted by molar-refractivity contribution is 6.31. The van der Waals surface area contributed by atoms with Crippen molar-refractivity contribution in [1.82, 2.24) is 0 Å². The molecule has 0 atom stereocenters. The van der Waals surface area contributed by atoms with Gasteiger partial charge in [0.1, 0.15) is 17.4 Å². The summed E-state index contributed by atoms with van der Waals surface area (Å²) in [5.74, 6) is -1.24. The van der Waals surface area contributed by atoms with Crippen LogP contribution >= 0.6 is 11.6 Å². The Labute approximate surface area is 102 Å². The lowest BCUT2D eigenvalue weighted by Crippen LogP contribution is -1.87. The molecule has 2 aromatic carbocycles. The van der Waals surface area contributed by atoms with Crippen LogP contribution in [0, 0.1) is 18.6 Å². The van der Waals surface area contributed by atoms with Gasteiger partial charge in [0.25, 0.3) is 0 Å². The Morgan fingerprint density at radius 1 is 1.06 bits per heavy atom. The van der Waals surface area contributed by atoms with Crippen LogP contribution in [0.1, 0.15) is 5.56 Å². The Bertz CT molecular complexity index is 582. The molecule has 17 heavy (non-hydrogen) atoms. The Balaban J connectivity index is 2.60. The summed E-state index contributed by atoms with van der Waals surface area (Å²) in [6.45, 7) is 1.61. The molecule has 2 aromatic rings. The first-order chi connectivity index (χ1) is 7.99. The first-order valence-electron chi connectivity index (χ1n) is 4.93. The molecule has 0 fully saturated rings. The number of benzene rings is 2. The summed E-state index contributed by atoms with van der Waals surface area (Å²) in [5, 5.41) is 9.55. The molecule has 4 heteroatoms. The van der Waals surface area contributed by atoms with Gasteiger partial charge in [-0.15, -0.1) is 0 Å². The molecule has 0 unspecified atom stereocenters. The van der Waals surface area contributed by atoms with E-state index in [0.29, 0.717) is 16.7 Å². The highest BCUT2D eigenvalue weighted by atomic mass is 35.5. The lowest BCUT2D eigenvalue weighted by Gasteiger charge is -2.07. The van der Waals surface area contributed by atoms with Crippen LogP contribution < -0.4 is 0 Å². The topological polar surface area (TPSA) is 20.2 Å². The average Bonchev–Trinajstić information content (AvgIpc) is 2.27. The van der Waals surface area contributed by atoms with Crippen molar-refractivity contribution in [2.75, 3.05) is 0 Å². The van der Waals surface area contributed by atoms with E-state index in [1.807, 2.05) is 0 Å². The van der Waals surface area contributed by atoms with Gasteiger partial charge in [-0.1, -0.05) is 17.7 Å². The van der Waals surface area contributed by atoms with Crippen LogP contribution in [0.3, 0.4) is 0 Å². The van der Waals surface area contributed by atoms with Gasteiger partial charge in [-0.2, -0.15) is 0 Å². The van der Waals surface area contributed by atoms with Crippen molar-refractivity contribution in [3.8, 4) is 16.9 Å². The molecule has 0 aromatic heterocycles. The first-order valence-corrected chi connectivity index (χ1v) is 5.31. The number of hydrogen-bond donors (Lipinski definition) is 1. The summed E-state index contributed by atoms with van der Waals surface area (Å²) >= 11 is 5.65. The summed E-state index contributed by atoms with van der Waals surface area (Å²) in [7, 11) is 0. The smallest absolute Gasteiger partial charge is 0.145 e. The van der Waals surface area contributed by atoms with Gasteiger partial charge in [-0.05, 0) is 36.2 Å². The minimum atomic E-state index is -0.688. The van der Waals surface area contributed by atoms with E-state index in [1.54, 1.807) is 13.0 Å². The molecule has 1 nitrogen and oxygen atoms in total. The van der Waals surface area contributed by atoms with E-state index in [0.717, 1.165) is 6.07 Å². The van der Waals surface area contributed by atoms with Crippen LogP contribution in [0.2, 0.25) is 5.02 Å². The fourth-order valence-corrected chi connectivity index (χ4v) is 1.74. The normalized spacial score (nSPS) is 10.6. The third-order valence-corrected chi connectivity index (χ3v) is 2.80. The highest BCUT2D eigenvalue weighted by Gasteiger charge is 2.10. The fraction of sp³-hybridized carbons (Fsp3) is 0.0769. The Morgan fingerprint density at radius 2 is 1.76 bits per heavy atom. The van der Waals surface area contributed by atoms with E-state index in [-0.39, 0.29) is 16.6 Å². The lowest BCUT2D eigenvalue weighted by atomic mass is 10.0. The average molecular weight is 255 g/mol. The van der Waals surface area contributed by atoms with Crippen molar-refractivity contribution in [2.45, 2.75) is 6.92 Å². The number of aryl methyl sites for hydroxylation is 1. The predicted molar refractivity (Wildman–Crippen MR) is 63.2 cm³/mol. The summed E-state index contributed by atoms with van der Waals surface area (Å²) in [4.78, 5) is 0. The Hall–Kier alpha value is -1.61. The van der Waals surface area contributed by atoms with E-state index < -0.39 is 5.82 Å². The van der Waals surface area contributed by atoms with Gasteiger partial charge in [0.2, 0.25) is 0 Å². The minimum absolute atomic E-state index is 0.0835. The third-order valence-electron chi connectivity index (χ3n) is 2.51. The van der Waals surface area contributed by atoms with Crippen molar-refractivity contribution < 1.29 is 13.9 Å². The molecule has 0 aliphatic heterocycles. The minimum Gasteiger partial charge on any atom is -0.507 e. The molecule has 0 aliphatic carbocycles. The highest BCUT2D eigenvalue weighted by Crippen LogP contribution is 2.34. The van der Waals surface area contributed by atoms with Gasteiger partial charge in [0.15, 0.2) is 0 Å². The predicted octanol–water partition coefficient (Wildman–Crippen LogP) is 4.30. The number of phenolic OH excluding ortho intramolecular Hbond substituents is 1. The molecular weight excluding hydrogens is 246 g/mol. The molecule has 0 saturated heterocycles. The number of phenols is 1. The Morgan fingerprint density at radius 3 is 2.41 bits per heavy atom. The molecule has 88 valence electrons. The van der Waals surface area contributed by atoms with E-state index in [4.69, 9.17) is 11.6 Å². The second kappa shape index (κ2) is 4.34. The molecule has 0 amide bonds. The van der Waals surface area contributed by atoms with Gasteiger partial charge in [-0.25, -0.2) is 8.78 Å². The van der Waals surface area contributed by atoms with Crippen molar-refractivity contribution in [1.29, 1.82) is 0 Å². The third kappa shape index (κ3) is 2.24. The summed E-state index contributed by atoms with van der Waals surface area (Å²) in [6, 6.07) is 6.63. The molecule has 0 radical (unpaired) electrons. The van der Waals surface area contributed by atoms with Crippen molar-refractivity contribution in [3.63, 3.8) is 0 Å². The van der Waals surface area contributed by atoms with Crippen LogP contribution in [-0.4, -0.2) is 5.11 Å². The standard InChI is InChI=1S/C13H9ClF2O/c1-7-4-8(2-3-11(7)15)9-5-10(14)12(16)6-13(9)17/h2-6,17H,1H3. The zero-order valence-corrected chi connectivity index (χ0v) is 9.72. The van der Waals surface area contributed by atoms with Crippen LogP contribution in [0.5, 0.6) is 5.75 Å². The van der Waals surface area contributed by atoms with E-state index in [2.05, 4.69) is 0 Å². The number of hydrogen-bond acceptors (Lipinski definition) is 1. The van der Waals surface area contributed by atoms with Gasteiger partial charge >= 0.3 is 0 Å². The zero-order chi connectivity index (χ0) is 12.6. The van der Waals surface area contributed by atoms with Gasteiger partial charge in [0, 0.05) is 11.6 Å². The summed E-state index contributed by atoms with van der Waals surface area (Å²) in [6.07, 6.45) is 0. The van der Waals surface area contributed by atoms with E-state index in [1.165, 1.54) is 18.2 Å². The SMILES string of the molecule is Cc1cc(-c2cc(Cl)c(F)cc2O)ccc1F. The Kier molecular flexibility index (Phi) is 3.03. The summed E-state index contributed by atoms with van der Waals surface area (Å²) in [5.41, 5.74) is 1.41. The van der Waals surface area contributed by atoms with Crippen molar-refractivity contribution in [2.24, 2.45) is 0 Å². The van der Waals surface area contributed by atoms with E-state index in [9.17, 15) is 13.9 Å². The van der Waals surface area contributed by atoms with Crippen LogP contribution in [0.25, 0.3) is 11.1 Å². The van der Waals surface area contributed by atoms with Gasteiger partial charge in [-0.3, -0.25) is 0 Å². The van der Waals surface area contributed by atoms with Gasteiger partial charge in [0.05, 0.1) is 5.02 Å². The quantitative estimate of drug-likeness (QED) is 0.804. The molecule has 0 aliphatic rings. The van der Waals surface area contributed by atoms with Crippen molar-refractivity contribution >= 4 is 11.6 Å². The monoisotopic (exact) mass is 254 g/mol. The fourth-order valence-electron chi connectivity index (χ4n) is 1.58. The molecule has 0 spiro atoms. The maximum absolute atomic E-state index is 13.1. The molecule has 0 saturated carbocycles. The summed E-state index contributed by atoms with van der Waals surface area (Å²) < 4.78 is 26.2. The number of halogens is 3. The van der Waals surface area contributed by atoms with Gasteiger partial charge < -0.3 is 5.11 Å². The zero-order valence-electron chi connectivity index (χ0n) is 8.97. The maximum Gasteiger partial charge on any atom is 0.145 e. The second-order valence-electron chi connectivity index (χ2n) is 3.75. The van der Waals surface area contributed by atoms with Crippen LogP contribution in [0.4, 0.5) is 8.78 Å². The van der Waals surface area contributed by atoms with E-state index >= 15 is 0 Å². The molecule has 2 rings (SSSR count). The van der Waals surface area contributed by atoms with Crippen LogP contribution in [0.15, 0.2) is 30.3 Å². The van der Waals surface area contributed by atoms with Crippen LogP contribution in [-0.2, 0) is 0 Å². The van der Waals surface area contributed by atoms with Crippen molar-refractivity contribution in [3.05, 3.63) is 52.6 Å². The molecular formula is C13H9ClF2O. The number of rotatable bonds is 1. The lowest BCUT2D eigenvalue weighted by molar-refractivity contribution is 0.471. The number of aromatic hydroxyl groups is 1. The molecule has 1 N–H and O–H groups in total. The maximum atomic E-state index is 13.1. The second-order valence-corrected chi connectivity index (χ2v) is 4.15.